The van der Waals surface area contributed by atoms with Gasteiger partial charge in [-0.1, -0.05) is 42.5 Å². The Morgan fingerprint density at radius 2 is 1.62 bits per heavy atom. The minimum absolute atomic E-state index is 0.611. The van der Waals surface area contributed by atoms with Gasteiger partial charge in [-0.25, -0.2) is 4.99 Å². The molecule has 2 aliphatic rings. The molecule has 1 atom stereocenters. The fourth-order valence-corrected chi connectivity index (χ4v) is 4.91. The largest absolute Gasteiger partial charge is 0.480 e. The Kier molecular flexibility index (Phi) is 5.04. The van der Waals surface area contributed by atoms with Crippen LogP contribution in [0.25, 0.3) is 10.9 Å². The van der Waals surface area contributed by atoms with Crippen molar-refractivity contribution in [1.29, 1.82) is 0 Å². The third kappa shape index (κ3) is 3.50. The number of H-pyrrole nitrogens is 1. The van der Waals surface area contributed by atoms with E-state index < -0.39 is 12.0 Å². The van der Waals surface area contributed by atoms with Gasteiger partial charge in [0.15, 0.2) is 5.75 Å². The van der Waals surface area contributed by atoms with Crippen LogP contribution in [-0.2, 0) is 4.79 Å². The monoisotopic (exact) mass is 452 g/mol. The van der Waals surface area contributed by atoms with E-state index >= 15 is 0 Å². The lowest BCUT2D eigenvalue weighted by Crippen LogP contribution is -2.51. The van der Waals surface area contributed by atoms with Crippen LogP contribution in [0.4, 0.5) is 5.69 Å². The van der Waals surface area contributed by atoms with Crippen LogP contribution in [0.3, 0.4) is 0 Å². The molecule has 3 aromatic carbocycles. The zero-order chi connectivity index (χ0) is 23.1. The quantitative estimate of drug-likeness (QED) is 0.467. The van der Waals surface area contributed by atoms with Crippen molar-refractivity contribution in [3.05, 3.63) is 90.1 Å². The summed E-state index contributed by atoms with van der Waals surface area (Å²) >= 11 is 0. The molecule has 2 N–H and O–H groups in total. The fraction of sp³-hybridized carbons (Fsp3) is 0.185. The lowest BCUT2D eigenvalue weighted by atomic mass is 10.0. The highest BCUT2D eigenvalue weighted by molar-refractivity contribution is 6.03. The molecule has 0 aliphatic carbocycles. The first-order valence-corrected chi connectivity index (χ1v) is 11.4. The number of nitrogens with zero attached hydrogens (tertiary/aromatic N) is 3. The first-order valence-electron chi connectivity index (χ1n) is 11.4. The minimum Gasteiger partial charge on any atom is -0.480 e. The molecule has 7 heteroatoms. The Morgan fingerprint density at radius 1 is 0.912 bits per heavy atom. The lowest BCUT2D eigenvalue weighted by molar-refractivity contribution is -0.144. The van der Waals surface area contributed by atoms with Crippen LogP contribution >= 0.6 is 0 Å². The number of carboxylic acid groups (broad SMARTS) is 1. The smallest absolute Gasteiger partial charge is 0.325 e. The summed E-state index contributed by atoms with van der Waals surface area (Å²) in [6, 6.07) is 22.8. The van der Waals surface area contributed by atoms with Crippen molar-refractivity contribution >= 4 is 28.4 Å². The first kappa shape index (κ1) is 20.5. The van der Waals surface area contributed by atoms with Crippen LogP contribution in [0.15, 0.2) is 84.0 Å². The van der Waals surface area contributed by atoms with E-state index in [1.807, 2.05) is 83.9 Å². The Bertz CT molecular complexity index is 1400. The topological polar surface area (TPSA) is 81.2 Å². The van der Waals surface area contributed by atoms with Crippen molar-refractivity contribution in [2.45, 2.75) is 6.04 Å². The molecule has 0 saturated carbocycles. The molecule has 34 heavy (non-hydrogen) atoms. The number of nitrogens with one attached hydrogen (secondary N) is 1. The van der Waals surface area contributed by atoms with Crippen molar-refractivity contribution in [3.63, 3.8) is 0 Å². The summed E-state index contributed by atoms with van der Waals surface area (Å²) < 4.78 is 6.17. The number of ether oxygens (including phenoxy) is 1. The van der Waals surface area contributed by atoms with Gasteiger partial charge in [-0.15, -0.1) is 0 Å². The van der Waals surface area contributed by atoms with Crippen LogP contribution < -0.4 is 4.74 Å². The number of hydrogen-bond acceptors (Lipinski definition) is 5. The summed E-state index contributed by atoms with van der Waals surface area (Å²) in [4.78, 5) is 24.8. The van der Waals surface area contributed by atoms with Crippen LogP contribution in [0.5, 0.6) is 11.5 Å². The van der Waals surface area contributed by atoms with Crippen molar-refractivity contribution in [2.24, 2.45) is 4.99 Å². The van der Waals surface area contributed by atoms with Gasteiger partial charge in [-0.3, -0.25) is 9.69 Å². The van der Waals surface area contributed by atoms with E-state index in [1.54, 1.807) is 0 Å². The van der Waals surface area contributed by atoms with Crippen LogP contribution in [0.2, 0.25) is 0 Å². The molecule has 170 valence electrons. The molecule has 0 amide bonds. The minimum atomic E-state index is -0.835. The molecule has 0 unspecified atom stereocenters. The number of fused-ring (bicyclic) bond motifs is 3. The number of benzene rings is 3. The molecular weight excluding hydrogens is 428 g/mol. The maximum atomic E-state index is 12.4. The number of carbonyl (C=O) groups is 1. The average Bonchev–Trinajstić information content (AvgIpc) is 3.20. The van der Waals surface area contributed by atoms with E-state index in [9.17, 15) is 9.90 Å². The van der Waals surface area contributed by atoms with E-state index in [0.29, 0.717) is 26.2 Å². The molecule has 1 saturated heterocycles. The second kappa shape index (κ2) is 8.35. The second-order valence-corrected chi connectivity index (χ2v) is 8.55. The predicted octanol–water partition coefficient (Wildman–Crippen LogP) is 4.80. The van der Waals surface area contributed by atoms with E-state index in [-0.39, 0.29) is 0 Å². The summed E-state index contributed by atoms with van der Waals surface area (Å²) in [7, 11) is 0. The number of rotatable bonds is 3. The van der Waals surface area contributed by atoms with Gasteiger partial charge in [0.1, 0.15) is 23.3 Å². The fourth-order valence-electron chi connectivity index (χ4n) is 4.91. The number of amidine groups is 1. The van der Waals surface area contributed by atoms with Gasteiger partial charge < -0.3 is 19.7 Å². The molecule has 0 radical (unpaired) electrons. The summed E-state index contributed by atoms with van der Waals surface area (Å²) in [5, 5.41) is 11.1. The maximum Gasteiger partial charge on any atom is 0.325 e. The van der Waals surface area contributed by atoms with Crippen LogP contribution in [-0.4, -0.2) is 57.9 Å². The summed E-state index contributed by atoms with van der Waals surface area (Å²) in [6.45, 7) is 2.56. The number of aromatic nitrogens is 1. The number of aliphatic imine (C=N–C) groups is 1. The van der Waals surface area contributed by atoms with E-state index in [1.165, 1.54) is 0 Å². The molecular formula is C27H24N4O3. The van der Waals surface area contributed by atoms with Gasteiger partial charge in [0.25, 0.3) is 0 Å². The van der Waals surface area contributed by atoms with E-state index in [2.05, 4.69) is 9.88 Å². The lowest BCUT2D eigenvalue weighted by Gasteiger charge is -2.39. The van der Waals surface area contributed by atoms with Crippen molar-refractivity contribution in [2.75, 3.05) is 26.2 Å². The number of para-hydroxylation sites is 4. The highest BCUT2D eigenvalue weighted by atomic mass is 16.5. The van der Waals surface area contributed by atoms with Crippen molar-refractivity contribution in [1.82, 2.24) is 14.8 Å². The molecule has 1 fully saturated rings. The second-order valence-electron chi connectivity index (χ2n) is 8.55. The molecule has 0 spiro atoms. The average molecular weight is 453 g/mol. The SMILES string of the molecule is O=C(O)[C@H](c1c[nH]c2ccccc12)N1CCN(C2=Nc3ccccc3Oc3ccccc32)CC1. The molecule has 0 bridgehead atoms. The maximum absolute atomic E-state index is 12.4. The van der Waals surface area contributed by atoms with Crippen molar-refractivity contribution < 1.29 is 14.6 Å². The number of carboxylic acids is 1. The third-order valence-corrected chi connectivity index (χ3v) is 6.57. The summed E-state index contributed by atoms with van der Waals surface area (Å²) in [5.41, 5.74) is 3.48. The van der Waals surface area contributed by atoms with Crippen LogP contribution in [0.1, 0.15) is 17.2 Å². The Hall–Kier alpha value is -4.10. The Balaban J connectivity index is 1.30. The van der Waals surface area contributed by atoms with E-state index in [4.69, 9.17) is 9.73 Å². The molecule has 6 rings (SSSR count). The summed E-state index contributed by atoms with van der Waals surface area (Å²) in [6.07, 6.45) is 1.83. The molecule has 3 heterocycles. The van der Waals surface area contributed by atoms with E-state index in [0.717, 1.165) is 45.1 Å². The van der Waals surface area contributed by atoms with Gasteiger partial charge in [-0.2, -0.15) is 0 Å². The summed E-state index contributed by atoms with van der Waals surface area (Å²) in [5.74, 6) is 1.53. The zero-order valence-corrected chi connectivity index (χ0v) is 18.5. The molecule has 4 aromatic rings. The van der Waals surface area contributed by atoms with Gasteiger partial charge in [0, 0.05) is 48.8 Å². The highest BCUT2D eigenvalue weighted by Gasteiger charge is 2.33. The number of piperazine rings is 1. The third-order valence-electron chi connectivity index (χ3n) is 6.57. The zero-order valence-electron chi connectivity index (χ0n) is 18.5. The molecule has 1 aromatic heterocycles. The molecule has 2 aliphatic heterocycles. The van der Waals surface area contributed by atoms with Crippen molar-refractivity contribution in [3.8, 4) is 11.5 Å². The first-order chi connectivity index (χ1) is 16.7. The number of hydrogen-bond donors (Lipinski definition) is 2. The Morgan fingerprint density at radius 3 is 2.44 bits per heavy atom. The molecule has 7 nitrogen and oxygen atoms in total. The number of aliphatic carboxylic acids is 1. The predicted molar refractivity (Wildman–Crippen MR) is 131 cm³/mol. The van der Waals surface area contributed by atoms with Gasteiger partial charge in [0.05, 0.1) is 5.56 Å². The Labute approximate surface area is 196 Å². The normalized spacial score (nSPS) is 16.7. The van der Waals surface area contributed by atoms with Gasteiger partial charge in [-0.05, 0) is 30.3 Å². The standard InChI is InChI=1S/C27H24N4O3/c32-27(33)25(20-17-28-21-9-3-1-7-18(20)21)30-13-15-31(16-14-30)26-19-8-2-5-11-23(19)34-24-12-6-4-10-22(24)29-26/h1-12,17,25,28H,13-16H2,(H,32,33)/t25-/m0/s1. The van der Waals surface area contributed by atoms with Crippen LogP contribution in [0, 0.1) is 0 Å². The number of aromatic amines is 1. The highest BCUT2D eigenvalue weighted by Crippen LogP contribution is 2.38. The van der Waals surface area contributed by atoms with Gasteiger partial charge >= 0.3 is 5.97 Å². The van der Waals surface area contributed by atoms with Gasteiger partial charge in [0.2, 0.25) is 0 Å².